The highest BCUT2D eigenvalue weighted by Crippen LogP contribution is 2.33. The molecule has 23 heavy (non-hydrogen) atoms. The second-order valence-corrected chi connectivity index (χ2v) is 6.97. The van der Waals surface area contributed by atoms with Gasteiger partial charge in [-0.15, -0.1) is 0 Å². The third-order valence-corrected chi connectivity index (χ3v) is 5.51. The van der Waals surface area contributed by atoms with Crippen LogP contribution in [0, 0.1) is 5.82 Å². The predicted octanol–water partition coefficient (Wildman–Crippen LogP) is 2.47. The Hall–Kier alpha value is -1.68. The van der Waals surface area contributed by atoms with Crippen molar-refractivity contribution in [3.63, 3.8) is 0 Å². The Bertz CT molecular complexity index is 717. The molecule has 0 amide bonds. The van der Waals surface area contributed by atoms with E-state index >= 15 is 0 Å². The molecule has 1 fully saturated rings. The number of carbonyl (C=O) groups is 1. The van der Waals surface area contributed by atoms with Gasteiger partial charge in [-0.25, -0.2) is 12.8 Å². The Labute approximate surface area is 129 Å². The van der Waals surface area contributed by atoms with Crippen molar-refractivity contribution < 1.29 is 35.9 Å². The van der Waals surface area contributed by atoms with E-state index in [1.807, 2.05) is 0 Å². The number of sulfonamides is 1. The Kier molecular flexibility index (Phi) is 4.67. The molecule has 1 aromatic carbocycles. The lowest BCUT2D eigenvalue weighted by atomic mass is 10.1. The van der Waals surface area contributed by atoms with E-state index in [2.05, 4.69) is 0 Å². The fraction of sp³-hybridized carbons (Fsp3) is 0.462. The van der Waals surface area contributed by atoms with E-state index in [1.54, 1.807) is 0 Å². The lowest BCUT2D eigenvalue weighted by Gasteiger charge is -2.32. The number of alkyl halides is 3. The minimum atomic E-state index is -4.84. The van der Waals surface area contributed by atoms with Gasteiger partial charge in [0.15, 0.2) is 0 Å². The van der Waals surface area contributed by atoms with E-state index in [-0.39, 0.29) is 19.0 Å². The Balaban J connectivity index is 2.52. The number of nitrogens with zero attached hydrogens (tertiary/aromatic N) is 1. The standard InChI is InChI=1S/C13H13F4NO4S/c14-9-5-4-8(13(15,16)17)7-11(9)23(21,22)18-6-2-1-3-10(18)12(19)20/h4-5,7,10H,1-3,6H2,(H,19,20). The smallest absolute Gasteiger partial charge is 0.416 e. The molecule has 2 rings (SSSR count). The third kappa shape index (κ3) is 3.47. The van der Waals surface area contributed by atoms with Gasteiger partial charge in [0.25, 0.3) is 0 Å². The molecular formula is C13H13F4NO4S. The summed E-state index contributed by atoms with van der Waals surface area (Å²) < 4.78 is 77.4. The van der Waals surface area contributed by atoms with Gasteiger partial charge in [0.1, 0.15) is 16.8 Å². The molecule has 1 heterocycles. The van der Waals surface area contributed by atoms with Gasteiger partial charge in [-0.2, -0.15) is 17.5 Å². The minimum Gasteiger partial charge on any atom is -0.480 e. The van der Waals surface area contributed by atoms with Gasteiger partial charge in [0.05, 0.1) is 5.56 Å². The molecule has 0 bridgehead atoms. The molecule has 0 spiro atoms. The number of rotatable bonds is 3. The summed E-state index contributed by atoms with van der Waals surface area (Å²) >= 11 is 0. The summed E-state index contributed by atoms with van der Waals surface area (Å²) in [4.78, 5) is 10.0. The molecule has 0 aliphatic carbocycles. The van der Waals surface area contributed by atoms with Crippen LogP contribution >= 0.6 is 0 Å². The Morgan fingerprint density at radius 2 is 1.91 bits per heavy atom. The molecule has 1 aliphatic heterocycles. The summed E-state index contributed by atoms with van der Waals surface area (Å²) in [5.74, 6) is -2.77. The van der Waals surface area contributed by atoms with Gasteiger partial charge in [-0.05, 0) is 37.5 Å². The number of hydrogen-bond donors (Lipinski definition) is 1. The number of hydrogen-bond acceptors (Lipinski definition) is 3. The zero-order chi connectivity index (χ0) is 17.4. The number of piperidine rings is 1. The lowest BCUT2D eigenvalue weighted by molar-refractivity contribution is -0.142. The topological polar surface area (TPSA) is 74.7 Å². The summed E-state index contributed by atoms with van der Waals surface area (Å²) in [7, 11) is -4.69. The van der Waals surface area contributed by atoms with Crippen LogP contribution in [0.25, 0.3) is 0 Å². The molecule has 0 radical (unpaired) electrons. The summed E-state index contributed by atoms with van der Waals surface area (Å²) in [6.07, 6.45) is -4.00. The van der Waals surface area contributed by atoms with Crippen LogP contribution in [0.2, 0.25) is 0 Å². The second-order valence-electron chi connectivity index (χ2n) is 5.11. The quantitative estimate of drug-likeness (QED) is 0.846. The van der Waals surface area contributed by atoms with Crippen LogP contribution in [0.15, 0.2) is 23.1 Å². The van der Waals surface area contributed by atoms with Gasteiger partial charge < -0.3 is 5.11 Å². The van der Waals surface area contributed by atoms with Gasteiger partial charge in [0, 0.05) is 6.54 Å². The highest BCUT2D eigenvalue weighted by molar-refractivity contribution is 7.89. The Morgan fingerprint density at radius 1 is 1.26 bits per heavy atom. The Morgan fingerprint density at radius 3 is 2.48 bits per heavy atom. The predicted molar refractivity (Wildman–Crippen MR) is 70.6 cm³/mol. The zero-order valence-corrected chi connectivity index (χ0v) is 12.5. The highest BCUT2D eigenvalue weighted by atomic mass is 32.2. The van der Waals surface area contributed by atoms with Crippen molar-refractivity contribution in [2.45, 2.75) is 36.4 Å². The average molecular weight is 355 g/mol. The molecule has 0 saturated carbocycles. The van der Waals surface area contributed by atoms with E-state index in [0.717, 1.165) is 0 Å². The molecule has 1 saturated heterocycles. The molecule has 1 atom stereocenters. The molecule has 5 nitrogen and oxygen atoms in total. The van der Waals surface area contributed by atoms with Gasteiger partial charge in [0.2, 0.25) is 10.0 Å². The fourth-order valence-corrected chi connectivity index (χ4v) is 4.19. The number of benzene rings is 1. The first-order chi connectivity index (χ1) is 10.5. The lowest BCUT2D eigenvalue weighted by Crippen LogP contribution is -2.48. The monoisotopic (exact) mass is 355 g/mol. The van der Waals surface area contributed by atoms with Crippen molar-refractivity contribution in [3.8, 4) is 0 Å². The van der Waals surface area contributed by atoms with Crippen LogP contribution < -0.4 is 0 Å². The van der Waals surface area contributed by atoms with Crippen LogP contribution in [0.4, 0.5) is 17.6 Å². The van der Waals surface area contributed by atoms with Crippen molar-refractivity contribution >= 4 is 16.0 Å². The SMILES string of the molecule is O=C(O)C1CCCCN1S(=O)(=O)c1cc(C(F)(F)F)ccc1F. The molecule has 1 N–H and O–H groups in total. The minimum absolute atomic E-state index is 0.0230. The van der Waals surface area contributed by atoms with Crippen molar-refractivity contribution in [2.24, 2.45) is 0 Å². The molecular weight excluding hydrogens is 342 g/mol. The van der Waals surface area contributed by atoms with Gasteiger partial charge in [-0.3, -0.25) is 4.79 Å². The summed E-state index contributed by atoms with van der Waals surface area (Å²) in [5, 5.41) is 9.09. The summed E-state index contributed by atoms with van der Waals surface area (Å²) in [6, 6.07) is -0.380. The first-order valence-electron chi connectivity index (χ1n) is 6.66. The maximum Gasteiger partial charge on any atom is 0.416 e. The van der Waals surface area contributed by atoms with Crippen LogP contribution in [0.5, 0.6) is 0 Å². The van der Waals surface area contributed by atoms with Crippen molar-refractivity contribution in [2.75, 3.05) is 6.54 Å². The van der Waals surface area contributed by atoms with Crippen molar-refractivity contribution in [1.82, 2.24) is 4.31 Å². The first kappa shape index (κ1) is 17.7. The number of halogens is 4. The van der Waals surface area contributed by atoms with Crippen molar-refractivity contribution in [3.05, 3.63) is 29.6 Å². The maximum absolute atomic E-state index is 13.8. The number of carboxylic acid groups (broad SMARTS) is 1. The zero-order valence-electron chi connectivity index (χ0n) is 11.7. The van der Waals surface area contributed by atoms with E-state index in [9.17, 15) is 30.8 Å². The van der Waals surface area contributed by atoms with Gasteiger partial charge in [-0.1, -0.05) is 0 Å². The second kappa shape index (κ2) is 6.08. The number of aliphatic carboxylic acids is 1. The van der Waals surface area contributed by atoms with E-state index in [1.165, 1.54) is 0 Å². The van der Waals surface area contributed by atoms with Crippen LogP contribution in [0.1, 0.15) is 24.8 Å². The molecule has 128 valence electrons. The van der Waals surface area contributed by atoms with E-state index in [4.69, 9.17) is 5.11 Å². The summed E-state index contributed by atoms with van der Waals surface area (Å²) in [6.45, 7) is -0.186. The highest BCUT2D eigenvalue weighted by Gasteiger charge is 2.40. The first-order valence-corrected chi connectivity index (χ1v) is 8.10. The van der Waals surface area contributed by atoms with Crippen LogP contribution in [0.3, 0.4) is 0 Å². The van der Waals surface area contributed by atoms with Gasteiger partial charge >= 0.3 is 12.1 Å². The molecule has 1 aliphatic rings. The van der Waals surface area contributed by atoms with E-state index in [0.29, 0.717) is 29.3 Å². The molecule has 1 aromatic rings. The fourth-order valence-electron chi connectivity index (χ4n) is 2.44. The normalized spacial score (nSPS) is 20.4. The third-order valence-electron chi connectivity index (χ3n) is 3.58. The van der Waals surface area contributed by atoms with Crippen molar-refractivity contribution in [1.29, 1.82) is 0 Å². The molecule has 10 heteroatoms. The van der Waals surface area contributed by atoms with E-state index < -0.39 is 44.5 Å². The summed E-state index contributed by atoms with van der Waals surface area (Å²) in [5.41, 5.74) is -1.32. The largest absolute Gasteiger partial charge is 0.480 e. The van der Waals surface area contributed by atoms with Crippen LogP contribution in [-0.2, 0) is 21.0 Å². The van der Waals surface area contributed by atoms with Crippen LogP contribution in [-0.4, -0.2) is 36.4 Å². The average Bonchev–Trinajstić information content (AvgIpc) is 2.46. The maximum atomic E-state index is 13.8. The molecule has 1 unspecified atom stereocenters. The number of carboxylic acids is 1. The molecule has 0 aromatic heterocycles.